The lowest BCUT2D eigenvalue weighted by molar-refractivity contribution is -0.135. The van der Waals surface area contributed by atoms with Crippen LogP contribution >= 0.6 is 0 Å². The number of aliphatic hydroxyl groups excluding tert-OH is 1. The third kappa shape index (κ3) is 2.93. The number of nitrogens with zero attached hydrogens (tertiary/aromatic N) is 3. The van der Waals surface area contributed by atoms with Crippen LogP contribution in [-0.2, 0) is 6.42 Å². The Bertz CT molecular complexity index is 596. The number of fused-ring (bicyclic) bond motifs is 2. The van der Waals surface area contributed by atoms with E-state index < -0.39 is 0 Å². The van der Waals surface area contributed by atoms with Crippen molar-refractivity contribution in [2.75, 3.05) is 39.3 Å². The molecule has 1 aromatic rings. The zero-order chi connectivity index (χ0) is 16.9. The minimum absolute atomic E-state index is 0.117. The Balaban J connectivity index is 1.26. The van der Waals surface area contributed by atoms with Crippen molar-refractivity contribution in [3.05, 3.63) is 35.9 Å². The molecule has 4 fully saturated rings. The van der Waals surface area contributed by atoms with Gasteiger partial charge in [-0.15, -0.1) is 0 Å². The number of β-amino-alcohol motifs (C(OH)–C–C–N with tert-alkyl or cyclic N) is 1. The van der Waals surface area contributed by atoms with Crippen LogP contribution in [0.1, 0.15) is 31.2 Å². The highest BCUT2D eigenvalue weighted by Gasteiger charge is 2.57. The fraction of sp³-hybridized carbons (Fsp3) is 0.714. The Labute approximate surface area is 151 Å². The summed E-state index contributed by atoms with van der Waals surface area (Å²) < 4.78 is 0. The largest absolute Gasteiger partial charge is 0.392 e. The molecular formula is C21H31N3O. The summed E-state index contributed by atoms with van der Waals surface area (Å²) in [5.41, 5.74) is 1.75. The average molecular weight is 341 g/mol. The lowest BCUT2D eigenvalue weighted by atomic mass is 9.79. The Morgan fingerprint density at radius 1 is 1.00 bits per heavy atom. The molecule has 0 bridgehead atoms. The number of benzene rings is 1. The van der Waals surface area contributed by atoms with Gasteiger partial charge >= 0.3 is 0 Å². The fourth-order valence-corrected chi connectivity index (χ4v) is 5.62. The second kappa shape index (κ2) is 6.34. The van der Waals surface area contributed by atoms with Gasteiger partial charge in [0.15, 0.2) is 0 Å². The van der Waals surface area contributed by atoms with Crippen LogP contribution in [0.5, 0.6) is 0 Å². The first kappa shape index (κ1) is 16.2. The summed E-state index contributed by atoms with van der Waals surface area (Å²) in [6.45, 7) is 6.82. The zero-order valence-electron chi connectivity index (χ0n) is 15.2. The van der Waals surface area contributed by atoms with Crippen molar-refractivity contribution in [3.63, 3.8) is 0 Å². The second-order valence-electron chi connectivity index (χ2n) is 8.88. The Hall–Kier alpha value is -0.940. The molecule has 0 unspecified atom stereocenters. The van der Waals surface area contributed by atoms with Crippen LogP contribution in [0.15, 0.2) is 30.3 Å². The summed E-state index contributed by atoms with van der Waals surface area (Å²) in [4.78, 5) is 8.09. The van der Waals surface area contributed by atoms with E-state index in [1.165, 1.54) is 44.5 Å². The van der Waals surface area contributed by atoms with Crippen molar-refractivity contribution in [2.45, 2.75) is 55.8 Å². The summed E-state index contributed by atoms with van der Waals surface area (Å²) in [7, 11) is 0. The predicted octanol–water partition coefficient (Wildman–Crippen LogP) is 1.59. The molecule has 3 heterocycles. The first-order chi connectivity index (χ1) is 12.2. The molecule has 25 heavy (non-hydrogen) atoms. The Kier molecular flexibility index (Phi) is 4.12. The van der Waals surface area contributed by atoms with Gasteiger partial charge in [0.05, 0.1) is 11.6 Å². The van der Waals surface area contributed by atoms with Crippen LogP contribution in [0.4, 0.5) is 0 Å². The third-order valence-corrected chi connectivity index (χ3v) is 7.13. The molecule has 0 amide bonds. The highest BCUT2D eigenvalue weighted by Crippen LogP contribution is 2.42. The van der Waals surface area contributed by atoms with Crippen LogP contribution in [0, 0.1) is 0 Å². The predicted molar refractivity (Wildman–Crippen MR) is 99.6 cm³/mol. The summed E-state index contributed by atoms with van der Waals surface area (Å²) in [6, 6.07) is 12.3. The average Bonchev–Trinajstić information content (AvgIpc) is 2.91. The fourth-order valence-electron chi connectivity index (χ4n) is 5.62. The minimum Gasteiger partial charge on any atom is -0.392 e. The van der Waals surface area contributed by atoms with E-state index >= 15 is 0 Å². The smallest absolute Gasteiger partial charge is 0.0682 e. The van der Waals surface area contributed by atoms with E-state index in [0.717, 1.165) is 38.5 Å². The first-order valence-corrected chi connectivity index (χ1v) is 10.2. The molecule has 4 aliphatic rings. The zero-order valence-corrected chi connectivity index (χ0v) is 15.2. The van der Waals surface area contributed by atoms with Crippen LogP contribution in [0.3, 0.4) is 0 Å². The summed E-state index contributed by atoms with van der Waals surface area (Å²) >= 11 is 0. The molecule has 1 aromatic carbocycles. The van der Waals surface area contributed by atoms with Gasteiger partial charge in [-0.25, -0.2) is 0 Å². The maximum Gasteiger partial charge on any atom is 0.0682 e. The van der Waals surface area contributed by atoms with E-state index in [1.54, 1.807) is 0 Å². The van der Waals surface area contributed by atoms with Crippen LogP contribution in [0.2, 0.25) is 0 Å². The van der Waals surface area contributed by atoms with Gasteiger partial charge in [0.2, 0.25) is 0 Å². The molecule has 1 aliphatic carbocycles. The van der Waals surface area contributed by atoms with Gasteiger partial charge in [-0.3, -0.25) is 14.7 Å². The summed E-state index contributed by atoms with van der Waals surface area (Å²) in [5.74, 6) is 0. The van der Waals surface area contributed by atoms with Crippen molar-refractivity contribution in [2.24, 2.45) is 0 Å². The summed E-state index contributed by atoms with van der Waals surface area (Å²) in [6.07, 6.45) is 6.21. The van der Waals surface area contributed by atoms with Crippen molar-refractivity contribution in [1.82, 2.24) is 14.7 Å². The van der Waals surface area contributed by atoms with E-state index in [2.05, 4.69) is 45.0 Å². The molecule has 136 valence electrons. The maximum atomic E-state index is 10.3. The van der Waals surface area contributed by atoms with E-state index in [1.807, 2.05) is 0 Å². The summed E-state index contributed by atoms with van der Waals surface area (Å²) in [5, 5.41) is 10.3. The number of rotatable bonds is 4. The molecule has 2 atom stereocenters. The van der Waals surface area contributed by atoms with Gasteiger partial charge in [0.25, 0.3) is 0 Å². The van der Waals surface area contributed by atoms with E-state index in [9.17, 15) is 5.11 Å². The van der Waals surface area contributed by atoms with Gasteiger partial charge in [-0.2, -0.15) is 0 Å². The number of piperazine rings is 1. The van der Waals surface area contributed by atoms with Crippen LogP contribution in [0.25, 0.3) is 0 Å². The maximum absolute atomic E-state index is 10.3. The van der Waals surface area contributed by atoms with E-state index in [4.69, 9.17) is 0 Å². The molecule has 1 saturated carbocycles. The SMILES string of the molecule is O[C@@H]1C[C@@H]2CN(CCc3ccccc3)CC3(CN(C4CCC4)C3)N2C1. The normalized spacial score (nSPS) is 33.2. The molecule has 0 aromatic heterocycles. The molecule has 0 radical (unpaired) electrons. The first-order valence-electron chi connectivity index (χ1n) is 10.2. The quantitative estimate of drug-likeness (QED) is 0.901. The number of aliphatic hydroxyl groups is 1. The van der Waals surface area contributed by atoms with Crippen molar-refractivity contribution in [1.29, 1.82) is 0 Å². The second-order valence-corrected chi connectivity index (χ2v) is 8.88. The molecule has 1 N–H and O–H groups in total. The number of hydrogen-bond acceptors (Lipinski definition) is 4. The topological polar surface area (TPSA) is 30.0 Å². The van der Waals surface area contributed by atoms with E-state index in [0.29, 0.717) is 11.6 Å². The monoisotopic (exact) mass is 341 g/mol. The molecule has 3 saturated heterocycles. The van der Waals surface area contributed by atoms with Crippen molar-refractivity contribution >= 4 is 0 Å². The van der Waals surface area contributed by atoms with E-state index in [-0.39, 0.29) is 6.10 Å². The van der Waals surface area contributed by atoms with Gasteiger partial charge in [-0.1, -0.05) is 36.8 Å². The lowest BCUT2D eigenvalue weighted by Gasteiger charge is -2.63. The van der Waals surface area contributed by atoms with Crippen LogP contribution in [-0.4, -0.2) is 82.8 Å². The molecule has 1 spiro atoms. The van der Waals surface area contributed by atoms with Crippen molar-refractivity contribution in [3.8, 4) is 0 Å². The highest BCUT2D eigenvalue weighted by molar-refractivity contribution is 5.17. The van der Waals surface area contributed by atoms with Crippen molar-refractivity contribution < 1.29 is 5.11 Å². The molecule has 3 aliphatic heterocycles. The molecule has 4 heteroatoms. The highest BCUT2D eigenvalue weighted by atomic mass is 16.3. The van der Waals surface area contributed by atoms with Gasteiger partial charge in [0.1, 0.15) is 0 Å². The van der Waals surface area contributed by atoms with Gasteiger partial charge in [-0.05, 0) is 31.2 Å². The third-order valence-electron chi connectivity index (χ3n) is 7.13. The van der Waals surface area contributed by atoms with Crippen LogP contribution < -0.4 is 0 Å². The molecular weight excluding hydrogens is 310 g/mol. The Morgan fingerprint density at radius 2 is 1.80 bits per heavy atom. The molecule has 4 nitrogen and oxygen atoms in total. The molecule has 5 rings (SSSR count). The number of hydrogen-bond donors (Lipinski definition) is 1. The lowest BCUT2D eigenvalue weighted by Crippen LogP contribution is -2.79. The number of likely N-dealkylation sites (tertiary alicyclic amines) is 1. The minimum atomic E-state index is -0.117. The van der Waals surface area contributed by atoms with Gasteiger partial charge in [0, 0.05) is 51.4 Å². The Morgan fingerprint density at radius 3 is 2.52 bits per heavy atom. The van der Waals surface area contributed by atoms with Gasteiger partial charge < -0.3 is 5.11 Å². The standard InChI is InChI=1S/C21H31N3O/c25-20-11-19-12-22(10-9-17-5-2-1-3-6-17)14-21(24(19)13-20)15-23(16-21)18-7-4-8-18/h1-3,5-6,18-20,25H,4,7-16H2/t19-,20-/m1/s1.